The smallest absolute Gasteiger partial charge is 0.220 e. The Bertz CT molecular complexity index is 1180. The van der Waals surface area contributed by atoms with Gasteiger partial charge in [-0.1, -0.05) is 49.8 Å². The van der Waals surface area contributed by atoms with E-state index in [2.05, 4.69) is 35.5 Å². The van der Waals surface area contributed by atoms with E-state index in [1.165, 1.54) is 28.8 Å². The number of benzene rings is 2. The third kappa shape index (κ3) is 4.01. The quantitative estimate of drug-likeness (QED) is 0.506. The largest absolute Gasteiger partial charge is 0.349 e. The first kappa shape index (κ1) is 21.6. The van der Waals surface area contributed by atoms with E-state index in [0.29, 0.717) is 12.3 Å². The van der Waals surface area contributed by atoms with Crippen LogP contribution < -0.4 is 5.32 Å². The number of hydrogen-bond acceptors (Lipinski definition) is 2. The van der Waals surface area contributed by atoms with E-state index in [0.717, 1.165) is 37.1 Å². The van der Waals surface area contributed by atoms with Crippen molar-refractivity contribution in [1.82, 2.24) is 15.1 Å². The van der Waals surface area contributed by atoms with Crippen LogP contribution in [0.25, 0.3) is 11.8 Å². The van der Waals surface area contributed by atoms with Gasteiger partial charge in [0.05, 0.1) is 23.6 Å². The van der Waals surface area contributed by atoms with Crippen molar-refractivity contribution in [1.29, 1.82) is 0 Å². The fourth-order valence-corrected chi connectivity index (χ4v) is 5.64. The summed E-state index contributed by atoms with van der Waals surface area (Å²) in [5.41, 5.74) is 5.88. The Morgan fingerprint density at radius 3 is 2.70 bits per heavy atom. The van der Waals surface area contributed by atoms with E-state index in [1.807, 2.05) is 36.0 Å². The zero-order chi connectivity index (χ0) is 23.0. The molecule has 1 fully saturated rings. The van der Waals surface area contributed by atoms with Crippen LogP contribution in [0.4, 0.5) is 4.39 Å². The fourth-order valence-electron chi connectivity index (χ4n) is 5.64. The molecular formula is C28H30FN3O. The van der Waals surface area contributed by atoms with Crippen molar-refractivity contribution in [2.45, 2.75) is 52.0 Å². The molecule has 3 aromatic rings. The van der Waals surface area contributed by atoms with E-state index in [4.69, 9.17) is 0 Å². The SMILES string of the molecule is CCC(=O)NC(CC1CCC2=Cc3c(cnn3-c3ccc(F)cc3)CC21C)c1ccccc1. The van der Waals surface area contributed by atoms with Crippen molar-refractivity contribution in [3.05, 3.63) is 89.0 Å². The van der Waals surface area contributed by atoms with Crippen LogP contribution in [0.3, 0.4) is 0 Å². The summed E-state index contributed by atoms with van der Waals surface area (Å²) in [5, 5.41) is 7.90. The number of fused-ring (bicyclic) bond motifs is 2. The van der Waals surface area contributed by atoms with Crippen LogP contribution in [0, 0.1) is 17.2 Å². The number of nitrogens with one attached hydrogen (secondary N) is 1. The average molecular weight is 444 g/mol. The summed E-state index contributed by atoms with van der Waals surface area (Å²) in [7, 11) is 0. The topological polar surface area (TPSA) is 46.9 Å². The molecule has 0 aliphatic heterocycles. The van der Waals surface area contributed by atoms with Crippen LogP contribution in [0.15, 0.2) is 66.4 Å². The number of carbonyl (C=O) groups is 1. The maximum absolute atomic E-state index is 13.4. The second-order valence-corrected chi connectivity index (χ2v) is 9.56. The lowest BCUT2D eigenvalue weighted by molar-refractivity contribution is -0.121. The summed E-state index contributed by atoms with van der Waals surface area (Å²) in [5.74, 6) is 0.315. The number of aromatic nitrogens is 2. The number of carbonyl (C=O) groups excluding carboxylic acids is 1. The van der Waals surface area contributed by atoms with Gasteiger partial charge in [0.1, 0.15) is 5.82 Å². The van der Waals surface area contributed by atoms with Crippen LogP contribution in [-0.2, 0) is 11.2 Å². The summed E-state index contributed by atoms with van der Waals surface area (Å²) in [6.45, 7) is 4.27. The van der Waals surface area contributed by atoms with Crippen LogP contribution in [0.2, 0.25) is 0 Å². The van der Waals surface area contributed by atoms with E-state index in [1.54, 1.807) is 12.1 Å². The van der Waals surface area contributed by atoms with Gasteiger partial charge >= 0.3 is 0 Å². The van der Waals surface area contributed by atoms with Crippen molar-refractivity contribution in [2.24, 2.45) is 11.3 Å². The molecule has 1 N–H and O–H groups in total. The predicted molar refractivity (Wildman–Crippen MR) is 128 cm³/mol. The second kappa shape index (κ2) is 8.62. The number of allylic oxidation sites excluding steroid dienone is 1. The molecule has 2 aliphatic carbocycles. The number of hydrogen-bond donors (Lipinski definition) is 1. The predicted octanol–water partition coefficient (Wildman–Crippen LogP) is 6.02. The van der Waals surface area contributed by atoms with Gasteiger partial charge in [-0.2, -0.15) is 5.10 Å². The Morgan fingerprint density at radius 2 is 1.97 bits per heavy atom. The maximum atomic E-state index is 13.4. The molecule has 0 spiro atoms. The van der Waals surface area contributed by atoms with Crippen LogP contribution in [0.1, 0.15) is 62.4 Å². The normalized spacial score (nSPS) is 22.3. The molecular weight excluding hydrogens is 413 g/mol. The molecule has 3 unspecified atom stereocenters. The summed E-state index contributed by atoms with van der Waals surface area (Å²) in [6.07, 6.45) is 8.77. The summed E-state index contributed by atoms with van der Waals surface area (Å²) >= 11 is 0. The molecule has 1 heterocycles. The minimum absolute atomic E-state index is 0.0168. The van der Waals surface area contributed by atoms with Gasteiger partial charge in [0.25, 0.3) is 0 Å². The number of rotatable bonds is 6. The van der Waals surface area contributed by atoms with Crippen molar-refractivity contribution < 1.29 is 9.18 Å². The Kier molecular flexibility index (Phi) is 5.65. The molecule has 5 heteroatoms. The minimum Gasteiger partial charge on any atom is -0.349 e. The molecule has 4 nitrogen and oxygen atoms in total. The van der Waals surface area contributed by atoms with Gasteiger partial charge in [0, 0.05) is 6.42 Å². The van der Waals surface area contributed by atoms with Gasteiger partial charge in [0.15, 0.2) is 0 Å². The summed E-state index contributed by atoms with van der Waals surface area (Å²) in [6, 6.07) is 16.8. The zero-order valence-corrected chi connectivity index (χ0v) is 19.2. The van der Waals surface area contributed by atoms with Gasteiger partial charge < -0.3 is 5.32 Å². The molecule has 1 saturated carbocycles. The van der Waals surface area contributed by atoms with E-state index >= 15 is 0 Å². The van der Waals surface area contributed by atoms with Gasteiger partial charge in [0.2, 0.25) is 5.91 Å². The van der Waals surface area contributed by atoms with Gasteiger partial charge in [-0.25, -0.2) is 9.07 Å². The van der Waals surface area contributed by atoms with E-state index in [-0.39, 0.29) is 23.2 Å². The highest BCUT2D eigenvalue weighted by molar-refractivity contribution is 5.76. The lowest BCUT2D eigenvalue weighted by atomic mass is 9.68. The van der Waals surface area contributed by atoms with Gasteiger partial charge in [-0.15, -0.1) is 0 Å². The molecule has 2 aromatic carbocycles. The monoisotopic (exact) mass is 443 g/mol. The van der Waals surface area contributed by atoms with Crippen molar-refractivity contribution in [3.8, 4) is 5.69 Å². The van der Waals surface area contributed by atoms with Gasteiger partial charge in [-0.05, 0) is 78.5 Å². The first-order valence-corrected chi connectivity index (χ1v) is 11.9. The average Bonchev–Trinajstić information content (AvgIpc) is 3.37. The fraction of sp³-hybridized carbons (Fsp3) is 0.357. The van der Waals surface area contributed by atoms with Crippen LogP contribution >= 0.6 is 0 Å². The first-order chi connectivity index (χ1) is 16.0. The molecule has 1 amide bonds. The van der Waals surface area contributed by atoms with Crippen molar-refractivity contribution >= 4 is 12.0 Å². The molecule has 33 heavy (non-hydrogen) atoms. The number of amides is 1. The van der Waals surface area contributed by atoms with Crippen LogP contribution in [0.5, 0.6) is 0 Å². The molecule has 1 aromatic heterocycles. The highest BCUT2D eigenvalue weighted by Crippen LogP contribution is 2.55. The van der Waals surface area contributed by atoms with E-state index in [9.17, 15) is 9.18 Å². The second-order valence-electron chi connectivity index (χ2n) is 9.56. The number of nitrogens with zero attached hydrogens (tertiary/aromatic N) is 2. The molecule has 2 aliphatic rings. The van der Waals surface area contributed by atoms with Crippen LogP contribution in [-0.4, -0.2) is 15.7 Å². The molecule has 3 atom stereocenters. The van der Waals surface area contributed by atoms with Gasteiger partial charge in [-0.3, -0.25) is 4.79 Å². The molecule has 0 saturated heterocycles. The zero-order valence-electron chi connectivity index (χ0n) is 19.2. The molecule has 0 radical (unpaired) electrons. The molecule has 5 rings (SSSR count). The Balaban J connectivity index is 1.42. The Morgan fingerprint density at radius 1 is 1.21 bits per heavy atom. The summed E-state index contributed by atoms with van der Waals surface area (Å²) < 4.78 is 15.3. The third-order valence-corrected chi connectivity index (χ3v) is 7.60. The number of halogens is 1. The summed E-state index contributed by atoms with van der Waals surface area (Å²) in [4.78, 5) is 12.3. The lowest BCUT2D eigenvalue weighted by Crippen LogP contribution is -2.34. The van der Waals surface area contributed by atoms with Crippen molar-refractivity contribution in [2.75, 3.05) is 0 Å². The standard InChI is InChI=1S/C28H30FN3O/c1-3-27(33)31-25(19-7-5-4-6-8-19)15-21-9-10-22-16-26-20(17-28(21,22)2)18-30-32(26)24-13-11-23(29)12-14-24/h4-8,11-14,16,18,21,25H,3,9-10,15,17H2,1-2H3,(H,31,33). The van der Waals surface area contributed by atoms with E-state index < -0.39 is 0 Å². The van der Waals surface area contributed by atoms with Crippen molar-refractivity contribution in [3.63, 3.8) is 0 Å². The third-order valence-electron chi connectivity index (χ3n) is 7.60. The highest BCUT2D eigenvalue weighted by atomic mass is 19.1. The Hall–Kier alpha value is -3.21. The molecule has 170 valence electrons. The maximum Gasteiger partial charge on any atom is 0.220 e. The Labute approximate surface area is 194 Å². The molecule has 0 bridgehead atoms. The minimum atomic E-state index is -0.243. The lowest BCUT2D eigenvalue weighted by Gasteiger charge is -2.37. The highest BCUT2D eigenvalue weighted by Gasteiger charge is 2.46. The first-order valence-electron chi connectivity index (χ1n) is 11.9.